The smallest absolute Gasteiger partial charge is 0.251 e. The zero-order valence-electron chi connectivity index (χ0n) is 14.9. The van der Waals surface area contributed by atoms with Crippen molar-refractivity contribution in [3.05, 3.63) is 52.9 Å². The maximum atomic E-state index is 13.3. The summed E-state index contributed by atoms with van der Waals surface area (Å²) in [6.07, 6.45) is 3.36. The Kier molecular flexibility index (Phi) is 5.44. The first-order chi connectivity index (χ1) is 12.4. The van der Waals surface area contributed by atoms with Gasteiger partial charge in [-0.3, -0.25) is 4.79 Å². The average Bonchev–Trinajstić information content (AvgIpc) is 2.58. The Bertz CT molecular complexity index is 784. The molecule has 0 atom stereocenters. The lowest BCUT2D eigenvalue weighted by molar-refractivity contribution is 0.0926. The van der Waals surface area contributed by atoms with E-state index in [9.17, 15) is 13.6 Å². The van der Waals surface area contributed by atoms with E-state index in [1.807, 2.05) is 19.9 Å². The molecule has 1 saturated carbocycles. The Morgan fingerprint density at radius 2 is 1.58 bits per heavy atom. The molecule has 0 radical (unpaired) electrons. The van der Waals surface area contributed by atoms with Gasteiger partial charge < -0.3 is 10.6 Å². The number of carbonyl (C=O) groups excluding carboxylic acids is 1. The molecule has 5 nitrogen and oxygen atoms in total. The Morgan fingerprint density at radius 3 is 2.19 bits per heavy atom. The van der Waals surface area contributed by atoms with Crippen molar-refractivity contribution < 1.29 is 13.6 Å². The highest BCUT2D eigenvalue weighted by atomic mass is 19.2. The molecule has 1 aliphatic carbocycles. The first-order valence-corrected chi connectivity index (χ1v) is 8.75. The van der Waals surface area contributed by atoms with Gasteiger partial charge in [0.25, 0.3) is 5.91 Å². The number of hydrogen-bond acceptors (Lipinski definition) is 4. The van der Waals surface area contributed by atoms with Crippen LogP contribution in [-0.2, 0) is 0 Å². The van der Waals surface area contributed by atoms with Crippen LogP contribution in [0.1, 0.15) is 47.4 Å². The minimum absolute atomic E-state index is 0.0221. The van der Waals surface area contributed by atoms with Crippen molar-refractivity contribution >= 4 is 11.9 Å². The fourth-order valence-corrected chi connectivity index (χ4v) is 3.26. The van der Waals surface area contributed by atoms with E-state index in [0.29, 0.717) is 5.95 Å². The lowest BCUT2D eigenvalue weighted by Gasteiger charge is -2.29. The van der Waals surface area contributed by atoms with Gasteiger partial charge in [0.05, 0.1) is 0 Å². The first-order valence-electron chi connectivity index (χ1n) is 8.75. The number of benzene rings is 1. The van der Waals surface area contributed by atoms with Gasteiger partial charge in [-0.15, -0.1) is 0 Å². The number of rotatable bonds is 4. The highest BCUT2D eigenvalue weighted by Gasteiger charge is 2.23. The monoisotopic (exact) mass is 360 g/mol. The minimum atomic E-state index is -1.01. The van der Waals surface area contributed by atoms with Gasteiger partial charge in [0, 0.05) is 29.0 Å². The molecule has 2 aromatic rings. The van der Waals surface area contributed by atoms with E-state index in [1.54, 1.807) is 0 Å². The highest BCUT2D eigenvalue weighted by molar-refractivity contribution is 5.94. The molecular formula is C19H22F2N4O. The number of aromatic nitrogens is 2. The Labute approximate surface area is 151 Å². The van der Waals surface area contributed by atoms with Crippen LogP contribution in [-0.4, -0.2) is 28.0 Å². The van der Waals surface area contributed by atoms with E-state index < -0.39 is 11.6 Å². The number of nitrogens with zero attached hydrogens (tertiary/aromatic N) is 2. The Balaban J connectivity index is 1.51. The highest BCUT2D eigenvalue weighted by Crippen LogP contribution is 2.22. The number of hydrogen-bond donors (Lipinski definition) is 2. The lowest BCUT2D eigenvalue weighted by Crippen LogP contribution is -2.40. The van der Waals surface area contributed by atoms with Gasteiger partial charge in [-0.05, 0) is 63.8 Å². The van der Waals surface area contributed by atoms with Crippen molar-refractivity contribution in [3.8, 4) is 0 Å². The fraction of sp³-hybridized carbons (Fsp3) is 0.421. The van der Waals surface area contributed by atoms with Crippen molar-refractivity contribution in [1.82, 2.24) is 15.3 Å². The van der Waals surface area contributed by atoms with Gasteiger partial charge in [0.1, 0.15) is 0 Å². The maximum absolute atomic E-state index is 13.3. The third-order valence-corrected chi connectivity index (χ3v) is 4.56. The van der Waals surface area contributed by atoms with E-state index in [4.69, 9.17) is 0 Å². The zero-order chi connectivity index (χ0) is 18.7. The van der Waals surface area contributed by atoms with Gasteiger partial charge in [-0.25, -0.2) is 18.7 Å². The molecule has 1 aromatic carbocycles. The zero-order valence-corrected chi connectivity index (χ0v) is 14.9. The molecule has 2 N–H and O–H groups in total. The van der Waals surface area contributed by atoms with E-state index in [2.05, 4.69) is 20.6 Å². The summed E-state index contributed by atoms with van der Waals surface area (Å²) in [4.78, 5) is 21.0. The van der Waals surface area contributed by atoms with Crippen LogP contribution in [0, 0.1) is 25.5 Å². The fourth-order valence-electron chi connectivity index (χ4n) is 3.26. The second-order valence-electron chi connectivity index (χ2n) is 6.77. The van der Waals surface area contributed by atoms with Crippen molar-refractivity contribution in [3.63, 3.8) is 0 Å². The summed E-state index contributed by atoms with van der Waals surface area (Å²) in [5.74, 6) is -1.71. The van der Waals surface area contributed by atoms with Crippen LogP contribution in [0.2, 0.25) is 0 Å². The van der Waals surface area contributed by atoms with Crippen LogP contribution in [0.25, 0.3) is 0 Å². The number of aryl methyl sites for hydroxylation is 2. The molecule has 0 bridgehead atoms. The van der Waals surface area contributed by atoms with Crippen LogP contribution in [0.3, 0.4) is 0 Å². The Hall–Kier alpha value is -2.57. The molecule has 3 rings (SSSR count). The predicted octanol–water partition coefficient (Wildman–Crippen LogP) is 3.52. The quantitative estimate of drug-likeness (QED) is 0.875. The van der Waals surface area contributed by atoms with Gasteiger partial charge in [-0.1, -0.05) is 0 Å². The molecule has 138 valence electrons. The molecule has 0 spiro atoms. The summed E-state index contributed by atoms with van der Waals surface area (Å²) in [6.45, 7) is 3.87. The summed E-state index contributed by atoms with van der Waals surface area (Å²) < 4.78 is 26.2. The molecule has 0 aliphatic heterocycles. The maximum Gasteiger partial charge on any atom is 0.251 e. The van der Waals surface area contributed by atoms with Crippen LogP contribution in [0.15, 0.2) is 24.3 Å². The molecule has 26 heavy (non-hydrogen) atoms. The summed E-state index contributed by atoms with van der Waals surface area (Å²) >= 11 is 0. The largest absolute Gasteiger partial charge is 0.351 e. The number of nitrogens with one attached hydrogen (secondary N) is 2. The average molecular weight is 360 g/mol. The van der Waals surface area contributed by atoms with Crippen molar-refractivity contribution in [2.45, 2.75) is 51.6 Å². The Morgan fingerprint density at radius 1 is 0.962 bits per heavy atom. The molecule has 1 heterocycles. The van der Waals surface area contributed by atoms with Gasteiger partial charge in [-0.2, -0.15) is 0 Å². The van der Waals surface area contributed by atoms with Crippen molar-refractivity contribution in [1.29, 1.82) is 0 Å². The molecule has 1 aromatic heterocycles. The third-order valence-electron chi connectivity index (χ3n) is 4.56. The molecule has 0 unspecified atom stereocenters. The number of anilines is 1. The normalized spacial score (nSPS) is 19.8. The molecule has 1 aliphatic rings. The summed E-state index contributed by atoms with van der Waals surface area (Å²) in [7, 11) is 0. The van der Waals surface area contributed by atoms with Gasteiger partial charge >= 0.3 is 0 Å². The van der Waals surface area contributed by atoms with E-state index in [0.717, 1.165) is 49.2 Å². The predicted molar refractivity (Wildman–Crippen MR) is 95.0 cm³/mol. The molecule has 1 amide bonds. The van der Waals surface area contributed by atoms with Crippen LogP contribution in [0.5, 0.6) is 0 Å². The number of carbonyl (C=O) groups is 1. The van der Waals surface area contributed by atoms with E-state index in [1.165, 1.54) is 6.07 Å². The minimum Gasteiger partial charge on any atom is -0.351 e. The van der Waals surface area contributed by atoms with Crippen molar-refractivity contribution in [2.24, 2.45) is 0 Å². The van der Waals surface area contributed by atoms with Gasteiger partial charge in [0.2, 0.25) is 5.95 Å². The second kappa shape index (κ2) is 7.76. The van der Waals surface area contributed by atoms with Crippen LogP contribution >= 0.6 is 0 Å². The van der Waals surface area contributed by atoms with Crippen molar-refractivity contribution in [2.75, 3.05) is 5.32 Å². The SMILES string of the molecule is Cc1cc(C)nc(NC2CCC(NC(=O)c3ccc(F)c(F)c3)CC2)n1. The standard InChI is InChI=1S/C19H22F2N4O/c1-11-9-12(2)23-19(22-11)25-15-6-4-14(5-7-15)24-18(26)13-3-8-16(20)17(21)10-13/h3,8-10,14-15H,4-7H2,1-2H3,(H,24,26)(H,22,23,25). The first kappa shape index (κ1) is 18.2. The van der Waals surface area contributed by atoms with Crippen LogP contribution in [0.4, 0.5) is 14.7 Å². The van der Waals surface area contributed by atoms with Crippen LogP contribution < -0.4 is 10.6 Å². The molecule has 1 fully saturated rings. The summed E-state index contributed by atoms with van der Waals surface area (Å²) in [5, 5.41) is 6.25. The lowest BCUT2D eigenvalue weighted by atomic mass is 9.91. The molecule has 7 heteroatoms. The van der Waals surface area contributed by atoms with E-state index in [-0.39, 0.29) is 23.6 Å². The molecule has 0 saturated heterocycles. The number of amides is 1. The summed E-state index contributed by atoms with van der Waals surface area (Å²) in [6, 6.07) is 5.39. The third kappa shape index (κ3) is 4.53. The van der Waals surface area contributed by atoms with Gasteiger partial charge in [0.15, 0.2) is 11.6 Å². The topological polar surface area (TPSA) is 66.9 Å². The summed E-state index contributed by atoms with van der Waals surface area (Å²) in [5.41, 5.74) is 1.98. The second-order valence-corrected chi connectivity index (χ2v) is 6.77. The van der Waals surface area contributed by atoms with E-state index >= 15 is 0 Å². The molecular weight excluding hydrogens is 338 g/mol. The number of halogens is 2.